The van der Waals surface area contributed by atoms with Gasteiger partial charge in [-0.15, -0.1) is 0 Å². The van der Waals surface area contributed by atoms with Gasteiger partial charge in [-0.05, 0) is 106 Å². The van der Waals surface area contributed by atoms with Crippen LogP contribution >= 0.6 is 11.6 Å². The van der Waals surface area contributed by atoms with E-state index >= 15 is 0 Å². The first-order chi connectivity index (χ1) is 27.6. The molecule has 296 valence electrons. The van der Waals surface area contributed by atoms with E-state index in [1.165, 1.54) is 0 Å². The smallest absolute Gasteiger partial charge is 0.262 e. The van der Waals surface area contributed by atoms with E-state index < -0.39 is 29.7 Å². The third-order valence-corrected chi connectivity index (χ3v) is 12.5. The number of anilines is 2. The number of benzene rings is 3. The lowest BCUT2D eigenvalue weighted by atomic mass is 10.0. The maximum atomic E-state index is 13.3. The highest BCUT2D eigenvalue weighted by Crippen LogP contribution is 2.32. The zero-order chi connectivity index (χ0) is 39.6. The van der Waals surface area contributed by atoms with Crippen molar-refractivity contribution in [2.24, 2.45) is 0 Å². The van der Waals surface area contributed by atoms with Crippen molar-refractivity contribution in [3.63, 3.8) is 0 Å². The molecule has 3 atom stereocenters. The minimum absolute atomic E-state index is 0.0319. The molecule has 57 heavy (non-hydrogen) atoms. The van der Waals surface area contributed by atoms with Crippen LogP contribution in [0.2, 0.25) is 5.02 Å². The van der Waals surface area contributed by atoms with Crippen LogP contribution in [0.25, 0.3) is 0 Å². The van der Waals surface area contributed by atoms with E-state index in [1.54, 1.807) is 30.3 Å². The predicted octanol–water partition coefficient (Wildman–Crippen LogP) is 4.91. The van der Waals surface area contributed by atoms with Crippen LogP contribution in [0.15, 0.2) is 60.7 Å². The van der Waals surface area contributed by atoms with Gasteiger partial charge in [0, 0.05) is 80.8 Å². The lowest BCUT2D eigenvalue weighted by molar-refractivity contribution is -0.136. The van der Waals surface area contributed by atoms with Crippen LogP contribution < -0.4 is 25.2 Å². The Hall–Kier alpha value is -5.45. The van der Waals surface area contributed by atoms with Crippen molar-refractivity contribution in [3.8, 4) is 11.8 Å². The second-order valence-corrected chi connectivity index (χ2v) is 16.0. The van der Waals surface area contributed by atoms with E-state index in [0.29, 0.717) is 39.1 Å². The summed E-state index contributed by atoms with van der Waals surface area (Å²) >= 11 is 6.18. The second kappa shape index (κ2) is 16.6. The third-order valence-electron chi connectivity index (χ3n) is 12.2. The molecule has 1 unspecified atom stereocenters. The van der Waals surface area contributed by atoms with Crippen LogP contribution in [0.5, 0.6) is 5.75 Å². The zero-order valence-corrected chi connectivity index (χ0v) is 32.5. The standard InChI is InChI=1S/C43H46ClN7O6/c44-37-25-34(11-6-28(37)26-45)57-33-3-1-2-29(7-12-33)46-40(53)27-4-8-30(9-5-27)48-18-16-31(17-19-48)49-20-22-50(23-21-49)32-10-13-35-36(24-32)43(56)51(42(35)55)38-14-15-39(52)47-41(38)54/h4-6,8-11,13,24-25,29,31,33,38H,1-3,7,12,14-23H2,(H,46,53)(H,47,52,54)/t29-,33-,38?/m1/s1. The fourth-order valence-electron chi connectivity index (χ4n) is 8.96. The van der Waals surface area contributed by atoms with Crippen LogP contribution in [-0.2, 0) is 9.59 Å². The molecule has 4 aliphatic heterocycles. The number of hydrogen-bond donors (Lipinski definition) is 2. The average molecular weight is 792 g/mol. The van der Waals surface area contributed by atoms with Gasteiger partial charge in [-0.1, -0.05) is 11.6 Å². The number of amides is 5. The predicted molar refractivity (Wildman–Crippen MR) is 213 cm³/mol. The molecule has 1 saturated carbocycles. The highest BCUT2D eigenvalue weighted by atomic mass is 35.5. The number of nitriles is 1. The van der Waals surface area contributed by atoms with Gasteiger partial charge in [0.25, 0.3) is 17.7 Å². The molecule has 3 saturated heterocycles. The van der Waals surface area contributed by atoms with Gasteiger partial charge < -0.3 is 19.9 Å². The Balaban J connectivity index is 0.779. The number of nitrogens with one attached hydrogen (secondary N) is 2. The van der Waals surface area contributed by atoms with Gasteiger partial charge in [-0.2, -0.15) is 5.26 Å². The lowest BCUT2D eigenvalue weighted by Crippen LogP contribution is -2.54. The summed E-state index contributed by atoms with van der Waals surface area (Å²) in [4.78, 5) is 71.9. The molecule has 2 N–H and O–H groups in total. The van der Waals surface area contributed by atoms with Crippen LogP contribution in [0.4, 0.5) is 11.4 Å². The molecule has 3 aromatic carbocycles. The van der Waals surface area contributed by atoms with Gasteiger partial charge in [0.05, 0.1) is 27.8 Å². The van der Waals surface area contributed by atoms with Gasteiger partial charge in [0.15, 0.2) is 0 Å². The summed E-state index contributed by atoms with van der Waals surface area (Å²) in [5.41, 5.74) is 3.68. The number of hydrogen-bond acceptors (Lipinski definition) is 10. The monoisotopic (exact) mass is 791 g/mol. The molecular weight excluding hydrogens is 746 g/mol. The number of nitrogens with zero attached hydrogens (tertiary/aromatic N) is 5. The minimum Gasteiger partial charge on any atom is -0.490 e. The van der Waals surface area contributed by atoms with Crippen molar-refractivity contribution in [1.82, 2.24) is 20.4 Å². The van der Waals surface area contributed by atoms with Crippen LogP contribution in [0, 0.1) is 11.3 Å². The second-order valence-electron chi connectivity index (χ2n) is 15.6. The van der Waals surface area contributed by atoms with Gasteiger partial charge in [-0.3, -0.25) is 39.1 Å². The van der Waals surface area contributed by atoms with E-state index in [-0.39, 0.29) is 30.9 Å². The molecule has 3 aromatic rings. The molecule has 4 heterocycles. The number of fused-ring (bicyclic) bond motifs is 1. The Labute approximate surface area is 336 Å². The van der Waals surface area contributed by atoms with Crippen LogP contribution in [0.3, 0.4) is 0 Å². The summed E-state index contributed by atoms with van der Waals surface area (Å²) in [5.74, 6) is -1.38. The van der Waals surface area contributed by atoms with Crippen molar-refractivity contribution in [1.29, 1.82) is 5.26 Å². The highest BCUT2D eigenvalue weighted by molar-refractivity contribution is 6.31. The molecular formula is C43H46ClN7O6. The summed E-state index contributed by atoms with van der Waals surface area (Å²) in [6.07, 6.45) is 6.72. The van der Waals surface area contributed by atoms with Gasteiger partial charge in [0.2, 0.25) is 11.8 Å². The van der Waals surface area contributed by atoms with Crippen molar-refractivity contribution in [3.05, 3.63) is 87.9 Å². The number of ether oxygens (including phenoxy) is 1. The van der Waals surface area contributed by atoms with Crippen LogP contribution in [-0.4, -0.2) is 103 Å². The molecule has 0 spiro atoms. The van der Waals surface area contributed by atoms with Gasteiger partial charge >= 0.3 is 0 Å². The van der Waals surface area contributed by atoms with Crippen molar-refractivity contribution in [2.45, 2.75) is 82.0 Å². The van der Waals surface area contributed by atoms with Gasteiger partial charge in [-0.25, -0.2) is 0 Å². The normalized spacial score (nSPS) is 23.4. The summed E-state index contributed by atoms with van der Waals surface area (Å²) in [5, 5.41) is 15.0. The van der Waals surface area contributed by atoms with Gasteiger partial charge in [0.1, 0.15) is 17.9 Å². The quantitative estimate of drug-likeness (QED) is 0.238. The molecule has 0 radical (unpaired) electrons. The number of piperidine rings is 2. The summed E-state index contributed by atoms with van der Waals surface area (Å²) in [6, 6.07) is 20.1. The Morgan fingerprint density at radius 2 is 1.49 bits per heavy atom. The SMILES string of the molecule is N#Cc1ccc(O[C@@H]2CCC[C@@H](NC(=O)c3ccc(N4CCC(N5CCN(c6ccc7c(c6)C(=O)N(C6CCC(=O)NC6=O)C7=O)CC5)CC4)cc3)CC2)cc1Cl. The molecule has 14 heteroatoms. The van der Waals surface area contributed by atoms with Crippen LogP contribution in [0.1, 0.15) is 94.4 Å². The minimum atomic E-state index is -0.975. The largest absolute Gasteiger partial charge is 0.490 e. The Bertz CT molecular complexity index is 2100. The molecule has 13 nitrogen and oxygen atoms in total. The average Bonchev–Trinajstić information content (AvgIpc) is 3.32. The first-order valence-corrected chi connectivity index (χ1v) is 20.4. The van der Waals surface area contributed by atoms with Crippen molar-refractivity contribution >= 4 is 52.5 Å². The van der Waals surface area contributed by atoms with Crippen molar-refractivity contribution < 1.29 is 28.7 Å². The van der Waals surface area contributed by atoms with E-state index in [0.717, 1.165) is 100 Å². The molecule has 0 bridgehead atoms. The van der Waals surface area contributed by atoms with E-state index in [1.807, 2.05) is 30.3 Å². The maximum Gasteiger partial charge on any atom is 0.262 e. The number of carbonyl (C=O) groups is 5. The Morgan fingerprint density at radius 1 is 0.772 bits per heavy atom. The Kier molecular flexibility index (Phi) is 11.2. The van der Waals surface area contributed by atoms with E-state index in [2.05, 4.69) is 31.4 Å². The third kappa shape index (κ3) is 8.20. The molecule has 5 amide bonds. The first-order valence-electron chi connectivity index (χ1n) is 20.0. The fourth-order valence-corrected chi connectivity index (χ4v) is 9.18. The first kappa shape index (κ1) is 38.4. The molecule has 8 rings (SSSR count). The summed E-state index contributed by atoms with van der Waals surface area (Å²) in [7, 11) is 0. The molecule has 5 aliphatic rings. The topological polar surface area (TPSA) is 155 Å². The molecule has 0 aromatic heterocycles. The van der Waals surface area contributed by atoms with E-state index in [4.69, 9.17) is 21.6 Å². The number of carbonyl (C=O) groups excluding carboxylic acids is 5. The van der Waals surface area contributed by atoms with Crippen molar-refractivity contribution in [2.75, 3.05) is 49.1 Å². The number of imide groups is 2. The fraction of sp³-hybridized carbons (Fsp3) is 0.442. The summed E-state index contributed by atoms with van der Waals surface area (Å²) in [6.45, 7) is 5.24. The molecule has 1 aliphatic carbocycles. The Morgan fingerprint density at radius 3 is 2.21 bits per heavy atom. The molecule has 4 fully saturated rings. The van der Waals surface area contributed by atoms with E-state index in [9.17, 15) is 24.0 Å². The maximum absolute atomic E-state index is 13.3. The highest BCUT2D eigenvalue weighted by Gasteiger charge is 2.45. The summed E-state index contributed by atoms with van der Waals surface area (Å²) < 4.78 is 6.18. The lowest BCUT2D eigenvalue weighted by Gasteiger charge is -2.44. The zero-order valence-electron chi connectivity index (χ0n) is 31.8. The number of piperazine rings is 1. The number of halogens is 1. The number of rotatable bonds is 8.